The largest absolute Gasteiger partial charge is 0.418 e. The molecule has 0 saturated carbocycles. The molecule has 4 amide bonds. The van der Waals surface area contributed by atoms with E-state index in [9.17, 15) is 28.8 Å². The maximum absolute atomic E-state index is 12.7. The summed E-state index contributed by atoms with van der Waals surface area (Å²) in [5.41, 5.74) is 4.22. The van der Waals surface area contributed by atoms with E-state index >= 15 is 0 Å². The van der Waals surface area contributed by atoms with Crippen molar-refractivity contribution in [2.24, 2.45) is 10.8 Å². The maximum Gasteiger partial charge on any atom is 0.291 e. The van der Waals surface area contributed by atoms with Crippen molar-refractivity contribution in [1.82, 2.24) is 40.8 Å². The summed E-state index contributed by atoms with van der Waals surface area (Å²) in [5, 5.41) is 8.15. The van der Waals surface area contributed by atoms with Gasteiger partial charge in [-0.05, 0) is 62.8 Å². The molecule has 2 atom stereocenters. The number of ketones is 2. The van der Waals surface area contributed by atoms with Gasteiger partial charge in [0.1, 0.15) is 12.1 Å². The zero-order chi connectivity index (χ0) is 37.3. The average Bonchev–Trinajstić information content (AvgIpc) is 3.95. The summed E-state index contributed by atoms with van der Waals surface area (Å²) < 4.78 is 5.76. The average molecular weight is 767 g/mol. The third-order valence-electron chi connectivity index (χ3n) is 9.57. The standard InChI is InChI=1S/C18H24N4O4.C18H22N4O3.4CH4/c1-4-18(2,3)14(23)17(26)22-10-6-8-13(22)16(25)21-20-15(24)12-7-5-9-19-11-12;1-4-18(2,3)14(23)17(24)22-10-6-8-13(22)16-21-20-15(25-16)12-7-5-9-19-11-12;;;;/h5,7,9,11,13H,4,6,8,10H2,1-3H3,(H,20,24)(H,21,25);5,7,9,11,13H,4,6,8,10H2,1-3H3;4*1H4/t2*13-;;;;/m00..../s1. The lowest BCUT2D eigenvalue weighted by atomic mass is 9.84. The van der Waals surface area contributed by atoms with Crippen LogP contribution in [0.4, 0.5) is 0 Å². The predicted octanol–water partition coefficient (Wildman–Crippen LogP) is 6.18. The number of nitrogens with one attached hydrogen (secondary N) is 2. The normalized spacial score (nSPS) is 16.0. The second-order valence-corrected chi connectivity index (χ2v) is 13.8. The van der Waals surface area contributed by atoms with Gasteiger partial charge in [0.05, 0.1) is 11.1 Å². The highest BCUT2D eigenvalue weighted by Crippen LogP contribution is 2.34. The minimum atomic E-state index is -0.770. The van der Waals surface area contributed by atoms with Gasteiger partial charge in [-0.2, -0.15) is 0 Å². The van der Waals surface area contributed by atoms with E-state index < -0.39 is 46.3 Å². The van der Waals surface area contributed by atoms with Gasteiger partial charge in [0, 0.05) is 48.7 Å². The van der Waals surface area contributed by atoms with Crippen molar-refractivity contribution in [1.29, 1.82) is 0 Å². The van der Waals surface area contributed by atoms with Crippen molar-refractivity contribution in [3.05, 3.63) is 60.5 Å². The van der Waals surface area contributed by atoms with Crippen molar-refractivity contribution < 1.29 is 33.2 Å². The van der Waals surface area contributed by atoms with Crippen molar-refractivity contribution in [2.75, 3.05) is 13.1 Å². The Bertz CT molecular complexity index is 1730. The van der Waals surface area contributed by atoms with Crippen molar-refractivity contribution in [3.8, 4) is 11.5 Å². The van der Waals surface area contributed by atoms with Crippen molar-refractivity contribution in [2.45, 2.75) is 122 Å². The molecule has 304 valence electrons. The number of carbonyl (C=O) groups excluding carboxylic acids is 6. The first-order valence-corrected chi connectivity index (χ1v) is 17.2. The number of rotatable bonds is 10. The molecule has 0 aromatic carbocycles. The Kier molecular flexibility index (Phi) is 19.4. The van der Waals surface area contributed by atoms with E-state index in [1.54, 1.807) is 63.2 Å². The lowest BCUT2D eigenvalue weighted by molar-refractivity contribution is -0.151. The molecule has 2 N–H and O–H groups in total. The Hall–Kier alpha value is -5.34. The fourth-order valence-electron chi connectivity index (χ4n) is 5.46. The molecule has 2 fully saturated rings. The van der Waals surface area contributed by atoms with Gasteiger partial charge in [-0.15, -0.1) is 10.2 Å². The summed E-state index contributed by atoms with van der Waals surface area (Å²) in [6.45, 7) is 11.6. The fraction of sp³-hybridized carbons (Fsp3) is 0.550. The number of nitrogens with zero attached hydrogens (tertiary/aromatic N) is 6. The van der Waals surface area contributed by atoms with Crippen LogP contribution in [0.5, 0.6) is 0 Å². The quantitative estimate of drug-likeness (QED) is 0.176. The number of likely N-dealkylation sites (tertiary alicyclic amines) is 2. The SMILES string of the molecule is C.C.C.C.CCC(C)(C)C(=O)C(=O)N1CCC[C@H]1C(=O)NNC(=O)c1cccnc1.CCC(C)(C)C(=O)C(=O)N1CCC[C@H]1c1nnc(-c2cccnc2)o1. The Labute approximate surface area is 326 Å². The van der Waals surface area contributed by atoms with E-state index in [1.165, 1.54) is 17.3 Å². The van der Waals surface area contributed by atoms with Crippen LogP contribution in [-0.2, 0) is 24.0 Å². The molecule has 0 unspecified atom stereocenters. The lowest BCUT2D eigenvalue weighted by Crippen LogP contribution is -2.53. The highest BCUT2D eigenvalue weighted by Gasteiger charge is 2.42. The third kappa shape index (κ3) is 11.8. The minimum Gasteiger partial charge on any atom is -0.418 e. The molecule has 3 aromatic rings. The molecule has 2 saturated heterocycles. The number of aromatic nitrogens is 4. The van der Waals surface area contributed by atoms with E-state index in [1.807, 2.05) is 19.9 Å². The summed E-state index contributed by atoms with van der Waals surface area (Å²) in [7, 11) is 0. The van der Waals surface area contributed by atoms with Crippen molar-refractivity contribution in [3.63, 3.8) is 0 Å². The number of carbonyl (C=O) groups is 6. The molecule has 55 heavy (non-hydrogen) atoms. The summed E-state index contributed by atoms with van der Waals surface area (Å²) in [4.78, 5) is 85.2. The van der Waals surface area contributed by atoms with Crippen LogP contribution in [-0.4, -0.2) is 84.3 Å². The van der Waals surface area contributed by atoms with E-state index in [4.69, 9.17) is 4.42 Å². The summed E-state index contributed by atoms with van der Waals surface area (Å²) in [5.74, 6) is -2.27. The van der Waals surface area contributed by atoms with Gasteiger partial charge >= 0.3 is 0 Å². The zero-order valence-electron chi connectivity index (χ0n) is 30.0. The van der Waals surface area contributed by atoms with Crippen LogP contribution in [0, 0.1) is 10.8 Å². The molecule has 0 radical (unpaired) electrons. The van der Waals surface area contributed by atoms with E-state index in [0.29, 0.717) is 62.5 Å². The molecule has 2 aliphatic heterocycles. The van der Waals surface area contributed by atoms with Crippen LogP contribution in [0.1, 0.15) is 132 Å². The monoisotopic (exact) mass is 766 g/mol. The van der Waals surface area contributed by atoms with Crippen LogP contribution in [0.3, 0.4) is 0 Å². The maximum atomic E-state index is 12.7. The molecular weight excluding hydrogens is 704 g/mol. The van der Waals surface area contributed by atoms with Crippen LogP contribution in [0.15, 0.2) is 53.5 Å². The van der Waals surface area contributed by atoms with E-state index in [2.05, 4.69) is 31.0 Å². The first-order valence-electron chi connectivity index (χ1n) is 17.2. The fourth-order valence-corrected chi connectivity index (χ4v) is 5.46. The first kappa shape index (κ1) is 49.7. The molecule has 2 aliphatic rings. The van der Waals surface area contributed by atoms with Crippen LogP contribution in [0.2, 0.25) is 0 Å². The van der Waals surface area contributed by atoms with Crippen LogP contribution in [0.25, 0.3) is 11.5 Å². The highest BCUT2D eigenvalue weighted by molar-refractivity contribution is 6.38. The third-order valence-corrected chi connectivity index (χ3v) is 9.57. The van der Waals surface area contributed by atoms with Gasteiger partial charge in [-0.1, -0.05) is 71.2 Å². The van der Waals surface area contributed by atoms with E-state index in [0.717, 1.165) is 12.0 Å². The number of hydrazine groups is 1. The molecule has 5 rings (SSSR count). The summed E-state index contributed by atoms with van der Waals surface area (Å²) in [6.07, 6.45) is 9.94. The van der Waals surface area contributed by atoms with Gasteiger partial charge in [0.25, 0.3) is 23.6 Å². The first-order chi connectivity index (χ1) is 24.2. The molecule has 0 spiro atoms. The molecular formula is C40H62N8O7. The van der Waals surface area contributed by atoms with Gasteiger partial charge in [-0.3, -0.25) is 49.6 Å². The Morgan fingerprint density at radius 1 is 0.745 bits per heavy atom. The smallest absolute Gasteiger partial charge is 0.291 e. The number of Topliss-reactive ketones (excluding diaryl/α,β-unsaturated/α-hetero) is 2. The van der Waals surface area contributed by atoms with Crippen molar-refractivity contribution >= 4 is 35.2 Å². The van der Waals surface area contributed by atoms with E-state index in [-0.39, 0.29) is 41.5 Å². The topological polar surface area (TPSA) is 198 Å². The molecule has 0 aliphatic carbocycles. The minimum absolute atomic E-state index is 0. The van der Waals surface area contributed by atoms with Gasteiger partial charge < -0.3 is 14.2 Å². The van der Waals surface area contributed by atoms with Gasteiger partial charge in [0.2, 0.25) is 23.3 Å². The predicted molar refractivity (Wildman–Crippen MR) is 211 cm³/mol. The highest BCUT2D eigenvalue weighted by atomic mass is 16.4. The Morgan fingerprint density at radius 2 is 1.29 bits per heavy atom. The van der Waals surface area contributed by atoms with Gasteiger partial charge in [0.15, 0.2) is 0 Å². The van der Waals surface area contributed by atoms with Crippen LogP contribution < -0.4 is 10.9 Å². The number of hydrogen-bond acceptors (Lipinski definition) is 11. The molecule has 3 aromatic heterocycles. The molecule has 0 bridgehead atoms. The lowest BCUT2D eigenvalue weighted by Gasteiger charge is -2.27. The number of amides is 4. The second-order valence-electron chi connectivity index (χ2n) is 13.8. The molecule has 15 heteroatoms. The second kappa shape index (κ2) is 21.5. The number of pyridine rings is 2. The Balaban J connectivity index is 0.000000989. The van der Waals surface area contributed by atoms with Crippen LogP contribution >= 0.6 is 0 Å². The zero-order valence-corrected chi connectivity index (χ0v) is 30.0. The van der Waals surface area contributed by atoms with Gasteiger partial charge in [-0.25, -0.2) is 0 Å². The molecule has 5 heterocycles. The number of hydrogen-bond donors (Lipinski definition) is 2. The summed E-state index contributed by atoms with van der Waals surface area (Å²) >= 11 is 0. The molecule has 15 nitrogen and oxygen atoms in total. The Morgan fingerprint density at radius 3 is 1.84 bits per heavy atom. The summed E-state index contributed by atoms with van der Waals surface area (Å²) in [6, 6.07) is 5.67.